The highest BCUT2D eigenvalue weighted by Crippen LogP contribution is 2.34. The van der Waals surface area contributed by atoms with Crippen LogP contribution in [0.5, 0.6) is 0 Å². The van der Waals surface area contributed by atoms with Crippen molar-refractivity contribution in [2.45, 2.75) is 44.2 Å². The van der Waals surface area contributed by atoms with E-state index in [1.165, 1.54) is 10.4 Å². The molecule has 0 aromatic carbocycles. The SMILES string of the molecule is Cc1sc2ncnc(SCCC(=O)NC[C@@H]3CCCO3)c2c1C. The van der Waals surface area contributed by atoms with Gasteiger partial charge in [-0.3, -0.25) is 4.79 Å². The van der Waals surface area contributed by atoms with Gasteiger partial charge in [0, 0.05) is 35.6 Å². The van der Waals surface area contributed by atoms with E-state index in [-0.39, 0.29) is 12.0 Å². The van der Waals surface area contributed by atoms with Gasteiger partial charge in [-0.2, -0.15) is 0 Å². The summed E-state index contributed by atoms with van der Waals surface area (Å²) in [6, 6.07) is 0. The maximum absolute atomic E-state index is 11.9. The number of amides is 1. The summed E-state index contributed by atoms with van der Waals surface area (Å²) in [7, 11) is 0. The Balaban J connectivity index is 1.51. The van der Waals surface area contributed by atoms with Gasteiger partial charge in [0.1, 0.15) is 16.2 Å². The molecule has 2 aromatic rings. The van der Waals surface area contributed by atoms with E-state index >= 15 is 0 Å². The third-order valence-corrected chi connectivity index (χ3v) is 6.16. The van der Waals surface area contributed by atoms with Crippen LogP contribution >= 0.6 is 23.1 Å². The number of nitrogens with one attached hydrogen (secondary N) is 1. The molecule has 0 unspecified atom stereocenters. The lowest BCUT2D eigenvalue weighted by Crippen LogP contribution is -2.31. The fourth-order valence-corrected chi connectivity index (χ4v) is 4.68. The molecular formula is C16H21N3O2S2. The molecule has 0 bridgehead atoms. The van der Waals surface area contributed by atoms with Gasteiger partial charge < -0.3 is 10.1 Å². The molecule has 1 fully saturated rings. The molecule has 1 aliphatic rings. The summed E-state index contributed by atoms with van der Waals surface area (Å²) in [5, 5.41) is 5.07. The molecule has 0 radical (unpaired) electrons. The van der Waals surface area contributed by atoms with Gasteiger partial charge in [0.15, 0.2) is 0 Å². The number of rotatable bonds is 6. The smallest absolute Gasteiger partial charge is 0.220 e. The Bertz CT molecular complexity index is 696. The Morgan fingerprint density at radius 3 is 3.13 bits per heavy atom. The molecule has 1 atom stereocenters. The molecule has 1 saturated heterocycles. The number of thiophene rings is 1. The second-order valence-electron chi connectivity index (χ2n) is 5.68. The lowest BCUT2D eigenvalue weighted by molar-refractivity contribution is -0.121. The first kappa shape index (κ1) is 16.7. The van der Waals surface area contributed by atoms with Gasteiger partial charge >= 0.3 is 0 Å². The standard InChI is InChI=1S/C16H21N3O2S2/c1-10-11(2)23-16-14(10)15(18-9-19-16)22-7-5-13(20)17-8-12-4-3-6-21-12/h9,12H,3-8H2,1-2H3,(H,17,20)/t12-/m0/s1. The monoisotopic (exact) mass is 351 g/mol. The van der Waals surface area contributed by atoms with Crippen molar-refractivity contribution in [1.29, 1.82) is 0 Å². The first-order valence-corrected chi connectivity index (χ1v) is 9.67. The van der Waals surface area contributed by atoms with Gasteiger partial charge in [0.25, 0.3) is 0 Å². The Hall–Kier alpha value is -1.18. The summed E-state index contributed by atoms with van der Waals surface area (Å²) >= 11 is 3.32. The number of carbonyl (C=O) groups is 1. The number of aromatic nitrogens is 2. The first-order valence-electron chi connectivity index (χ1n) is 7.87. The Morgan fingerprint density at radius 2 is 2.35 bits per heavy atom. The number of hydrogen-bond acceptors (Lipinski definition) is 6. The molecular weight excluding hydrogens is 330 g/mol. The highest BCUT2D eigenvalue weighted by molar-refractivity contribution is 7.99. The topological polar surface area (TPSA) is 64.1 Å². The Morgan fingerprint density at radius 1 is 1.48 bits per heavy atom. The maximum atomic E-state index is 11.9. The molecule has 3 rings (SSSR count). The fraction of sp³-hybridized carbons (Fsp3) is 0.562. The first-order chi connectivity index (χ1) is 11.1. The van der Waals surface area contributed by atoms with Crippen LogP contribution < -0.4 is 5.32 Å². The summed E-state index contributed by atoms with van der Waals surface area (Å²) in [5.41, 5.74) is 1.25. The Labute approximate surface area is 144 Å². The predicted molar refractivity (Wildman–Crippen MR) is 94.2 cm³/mol. The number of fused-ring (bicyclic) bond motifs is 1. The van der Waals surface area contributed by atoms with Crippen molar-refractivity contribution < 1.29 is 9.53 Å². The number of hydrogen-bond donors (Lipinski definition) is 1. The van der Waals surface area contributed by atoms with Crippen LogP contribution in [0, 0.1) is 13.8 Å². The van der Waals surface area contributed by atoms with E-state index in [2.05, 4.69) is 29.1 Å². The summed E-state index contributed by atoms with van der Waals surface area (Å²) in [6.45, 7) is 5.66. The zero-order chi connectivity index (χ0) is 16.2. The van der Waals surface area contributed by atoms with Crippen LogP contribution in [0.4, 0.5) is 0 Å². The van der Waals surface area contributed by atoms with Crippen molar-refractivity contribution in [1.82, 2.24) is 15.3 Å². The van der Waals surface area contributed by atoms with Gasteiger partial charge in [-0.25, -0.2) is 9.97 Å². The number of thioether (sulfide) groups is 1. The van der Waals surface area contributed by atoms with Crippen LogP contribution in [0.1, 0.15) is 29.7 Å². The van der Waals surface area contributed by atoms with Crippen molar-refractivity contribution in [2.24, 2.45) is 0 Å². The molecule has 3 heterocycles. The molecule has 5 nitrogen and oxygen atoms in total. The van der Waals surface area contributed by atoms with Crippen molar-refractivity contribution in [3.05, 3.63) is 16.8 Å². The van der Waals surface area contributed by atoms with E-state index in [4.69, 9.17) is 4.74 Å². The van der Waals surface area contributed by atoms with Crippen molar-refractivity contribution in [2.75, 3.05) is 18.9 Å². The van der Waals surface area contributed by atoms with Gasteiger partial charge in [-0.05, 0) is 32.3 Å². The van der Waals surface area contributed by atoms with Gasteiger partial charge in [-0.1, -0.05) is 0 Å². The van der Waals surface area contributed by atoms with Crippen LogP contribution in [-0.4, -0.2) is 40.9 Å². The second kappa shape index (κ2) is 7.59. The number of aryl methyl sites for hydroxylation is 2. The zero-order valence-electron chi connectivity index (χ0n) is 13.4. The number of nitrogens with zero attached hydrogens (tertiary/aromatic N) is 2. The van der Waals surface area contributed by atoms with Crippen LogP contribution in [0.25, 0.3) is 10.2 Å². The average molecular weight is 351 g/mol. The predicted octanol–water partition coefficient (Wildman–Crippen LogP) is 3.09. The van der Waals surface area contributed by atoms with Gasteiger partial charge in [0.2, 0.25) is 5.91 Å². The van der Waals surface area contributed by atoms with E-state index in [1.54, 1.807) is 29.4 Å². The lowest BCUT2D eigenvalue weighted by atomic mass is 10.2. The third-order valence-electron chi connectivity index (χ3n) is 4.05. The summed E-state index contributed by atoms with van der Waals surface area (Å²) in [4.78, 5) is 23.0. The van der Waals surface area contributed by atoms with Crippen molar-refractivity contribution in [3.63, 3.8) is 0 Å². The van der Waals surface area contributed by atoms with Gasteiger partial charge in [-0.15, -0.1) is 23.1 Å². The van der Waals surface area contributed by atoms with Crippen LogP contribution in [-0.2, 0) is 9.53 Å². The van der Waals surface area contributed by atoms with Crippen molar-refractivity contribution >= 4 is 39.2 Å². The summed E-state index contributed by atoms with van der Waals surface area (Å²) in [5.74, 6) is 0.800. The Kier molecular flexibility index (Phi) is 5.50. The minimum Gasteiger partial charge on any atom is -0.376 e. The van der Waals surface area contributed by atoms with Crippen LogP contribution in [0.2, 0.25) is 0 Å². The molecule has 124 valence electrons. The summed E-state index contributed by atoms with van der Waals surface area (Å²) in [6.07, 6.45) is 4.44. The molecule has 7 heteroatoms. The number of ether oxygens (including phenoxy) is 1. The third kappa shape index (κ3) is 4.02. The molecule has 23 heavy (non-hydrogen) atoms. The van der Waals surface area contributed by atoms with E-state index in [0.717, 1.165) is 40.4 Å². The highest BCUT2D eigenvalue weighted by Gasteiger charge is 2.16. The van der Waals surface area contributed by atoms with E-state index < -0.39 is 0 Å². The molecule has 0 saturated carbocycles. The quantitative estimate of drug-likeness (QED) is 0.640. The highest BCUT2D eigenvalue weighted by atomic mass is 32.2. The molecule has 2 aromatic heterocycles. The minimum absolute atomic E-state index is 0.0801. The van der Waals surface area contributed by atoms with E-state index in [0.29, 0.717) is 13.0 Å². The normalized spacial score (nSPS) is 17.7. The molecule has 1 N–H and O–H groups in total. The van der Waals surface area contributed by atoms with Gasteiger partial charge in [0.05, 0.1) is 6.10 Å². The molecule has 1 aliphatic heterocycles. The van der Waals surface area contributed by atoms with Crippen molar-refractivity contribution in [3.8, 4) is 0 Å². The fourth-order valence-electron chi connectivity index (χ4n) is 2.62. The molecule has 0 aliphatic carbocycles. The minimum atomic E-state index is 0.0801. The van der Waals surface area contributed by atoms with Crippen LogP contribution in [0.15, 0.2) is 11.4 Å². The second-order valence-corrected chi connectivity index (χ2v) is 7.97. The largest absolute Gasteiger partial charge is 0.376 e. The maximum Gasteiger partial charge on any atom is 0.220 e. The van der Waals surface area contributed by atoms with Crippen LogP contribution in [0.3, 0.4) is 0 Å². The van der Waals surface area contributed by atoms with E-state index in [9.17, 15) is 4.79 Å². The number of carbonyl (C=O) groups excluding carboxylic acids is 1. The average Bonchev–Trinajstić information content (AvgIpc) is 3.15. The zero-order valence-corrected chi connectivity index (χ0v) is 15.1. The summed E-state index contributed by atoms with van der Waals surface area (Å²) < 4.78 is 5.51. The van der Waals surface area contributed by atoms with E-state index in [1.807, 2.05) is 0 Å². The lowest BCUT2D eigenvalue weighted by Gasteiger charge is -2.10. The molecule has 1 amide bonds. The molecule has 0 spiro atoms.